The second-order valence-electron chi connectivity index (χ2n) is 5.51. The van der Waals surface area contributed by atoms with Gasteiger partial charge in [-0.1, -0.05) is 60.2 Å². The van der Waals surface area contributed by atoms with Crippen molar-refractivity contribution in [3.8, 4) is 0 Å². The van der Waals surface area contributed by atoms with Crippen molar-refractivity contribution in [1.29, 1.82) is 0 Å². The molecule has 1 N–H and O–H groups in total. The Bertz CT molecular complexity index is 520. The van der Waals surface area contributed by atoms with Crippen molar-refractivity contribution in [2.45, 2.75) is 19.5 Å². The number of hydrogen-bond donors (Lipinski definition) is 1. The molecular formula is C18H24N2. The van der Waals surface area contributed by atoms with Crippen LogP contribution in [0.3, 0.4) is 0 Å². The van der Waals surface area contributed by atoms with Crippen molar-refractivity contribution >= 4 is 0 Å². The van der Waals surface area contributed by atoms with E-state index in [1.165, 1.54) is 16.7 Å². The highest BCUT2D eigenvalue weighted by Crippen LogP contribution is 2.16. The quantitative estimate of drug-likeness (QED) is 0.864. The van der Waals surface area contributed by atoms with E-state index in [0.29, 0.717) is 6.04 Å². The number of nitrogens with zero attached hydrogens (tertiary/aromatic N) is 1. The van der Waals surface area contributed by atoms with Gasteiger partial charge in [-0.3, -0.25) is 0 Å². The van der Waals surface area contributed by atoms with Crippen molar-refractivity contribution in [2.75, 3.05) is 20.6 Å². The normalized spacial score (nSPS) is 12.6. The van der Waals surface area contributed by atoms with E-state index in [1.54, 1.807) is 0 Å². The molecule has 0 aromatic heterocycles. The molecule has 0 saturated carbocycles. The SMILES string of the molecule is Cc1cccc(CNCC(c2ccccc2)N(C)C)c1. The molecule has 2 heteroatoms. The predicted octanol–water partition coefficient (Wildman–Crippen LogP) is 3.39. The minimum absolute atomic E-state index is 0.404. The third kappa shape index (κ3) is 4.19. The first-order valence-electron chi connectivity index (χ1n) is 7.14. The summed E-state index contributed by atoms with van der Waals surface area (Å²) in [5.74, 6) is 0. The zero-order valence-electron chi connectivity index (χ0n) is 12.6. The maximum absolute atomic E-state index is 3.57. The molecule has 2 rings (SSSR count). The first kappa shape index (κ1) is 14.8. The highest BCUT2D eigenvalue weighted by molar-refractivity contribution is 5.22. The van der Waals surface area contributed by atoms with Gasteiger partial charge in [-0.2, -0.15) is 0 Å². The lowest BCUT2D eigenvalue weighted by Gasteiger charge is -2.25. The van der Waals surface area contributed by atoms with Crippen LogP contribution in [-0.4, -0.2) is 25.5 Å². The van der Waals surface area contributed by atoms with Gasteiger partial charge in [-0.05, 0) is 32.1 Å². The minimum Gasteiger partial charge on any atom is -0.311 e. The van der Waals surface area contributed by atoms with E-state index in [9.17, 15) is 0 Å². The van der Waals surface area contributed by atoms with E-state index in [0.717, 1.165) is 13.1 Å². The van der Waals surface area contributed by atoms with Gasteiger partial charge in [0.05, 0.1) is 0 Å². The number of likely N-dealkylation sites (N-methyl/N-ethyl adjacent to an activating group) is 1. The zero-order chi connectivity index (χ0) is 14.4. The van der Waals surface area contributed by atoms with Crippen LogP contribution >= 0.6 is 0 Å². The Hall–Kier alpha value is -1.64. The second-order valence-corrected chi connectivity index (χ2v) is 5.51. The molecule has 2 aromatic rings. The van der Waals surface area contributed by atoms with E-state index in [4.69, 9.17) is 0 Å². The number of hydrogen-bond acceptors (Lipinski definition) is 2. The standard InChI is InChI=1S/C18H24N2/c1-15-8-7-9-16(12-15)13-19-14-18(20(2)3)17-10-5-4-6-11-17/h4-12,18-19H,13-14H2,1-3H3. The Balaban J connectivity index is 1.93. The Kier molecular flexibility index (Phi) is 5.33. The van der Waals surface area contributed by atoms with Gasteiger partial charge >= 0.3 is 0 Å². The summed E-state index contributed by atoms with van der Waals surface area (Å²) in [6.45, 7) is 4.00. The van der Waals surface area contributed by atoms with Crippen LogP contribution in [-0.2, 0) is 6.54 Å². The molecule has 20 heavy (non-hydrogen) atoms. The van der Waals surface area contributed by atoms with Gasteiger partial charge in [-0.25, -0.2) is 0 Å². The van der Waals surface area contributed by atoms with Crippen LogP contribution < -0.4 is 5.32 Å². The molecule has 0 aliphatic rings. The summed E-state index contributed by atoms with van der Waals surface area (Å²) in [4.78, 5) is 2.26. The van der Waals surface area contributed by atoms with Gasteiger partial charge in [0.15, 0.2) is 0 Å². The van der Waals surface area contributed by atoms with E-state index in [-0.39, 0.29) is 0 Å². The van der Waals surface area contributed by atoms with Crippen molar-refractivity contribution in [2.24, 2.45) is 0 Å². The average Bonchev–Trinajstić information content (AvgIpc) is 2.44. The number of benzene rings is 2. The van der Waals surface area contributed by atoms with Gasteiger partial charge in [0.2, 0.25) is 0 Å². The summed E-state index contributed by atoms with van der Waals surface area (Å²) in [5.41, 5.74) is 4.02. The van der Waals surface area contributed by atoms with Crippen LogP contribution in [0.4, 0.5) is 0 Å². The van der Waals surface area contributed by atoms with E-state index >= 15 is 0 Å². The maximum Gasteiger partial charge on any atom is 0.0466 e. The lowest BCUT2D eigenvalue weighted by molar-refractivity contribution is 0.288. The van der Waals surface area contributed by atoms with Crippen LogP contribution in [0.2, 0.25) is 0 Å². The predicted molar refractivity (Wildman–Crippen MR) is 85.8 cm³/mol. The van der Waals surface area contributed by atoms with Gasteiger partial charge in [0.1, 0.15) is 0 Å². The summed E-state index contributed by atoms with van der Waals surface area (Å²) in [6, 6.07) is 19.7. The van der Waals surface area contributed by atoms with E-state index in [1.807, 2.05) is 0 Å². The van der Waals surface area contributed by atoms with Crippen molar-refractivity contribution < 1.29 is 0 Å². The molecule has 0 fully saturated rings. The fraction of sp³-hybridized carbons (Fsp3) is 0.333. The Morgan fingerprint density at radius 3 is 2.40 bits per heavy atom. The van der Waals surface area contributed by atoms with E-state index in [2.05, 4.69) is 85.8 Å². The molecule has 0 saturated heterocycles. The zero-order valence-corrected chi connectivity index (χ0v) is 12.6. The molecule has 0 bridgehead atoms. The minimum atomic E-state index is 0.404. The largest absolute Gasteiger partial charge is 0.311 e. The van der Waals surface area contributed by atoms with Gasteiger partial charge in [-0.15, -0.1) is 0 Å². The fourth-order valence-electron chi connectivity index (χ4n) is 2.45. The Morgan fingerprint density at radius 1 is 1.00 bits per heavy atom. The molecule has 0 radical (unpaired) electrons. The molecule has 0 aliphatic carbocycles. The van der Waals surface area contributed by atoms with Gasteiger partial charge < -0.3 is 10.2 Å². The Labute approximate surface area is 122 Å². The highest BCUT2D eigenvalue weighted by atomic mass is 15.1. The third-order valence-corrected chi connectivity index (χ3v) is 3.56. The molecule has 0 amide bonds. The van der Waals surface area contributed by atoms with Crippen molar-refractivity contribution in [1.82, 2.24) is 10.2 Å². The van der Waals surface area contributed by atoms with Crippen LogP contribution in [0, 0.1) is 6.92 Å². The third-order valence-electron chi connectivity index (χ3n) is 3.56. The van der Waals surface area contributed by atoms with E-state index < -0.39 is 0 Å². The Morgan fingerprint density at radius 2 is 1.75 bits per heavy atom. The fourth-order valence-corrected chi connectivity index (χ4v) is 2.45. The molecule has 1 atom stereocenters. The monoisotopic (exact) mass is 268 g/mol. The maximum atomic E-state index is 3.57. The summed E-state index contributed by atoms with van der Waals surface area (Å²) in [6.07, 6.45) is 0. The molecule has 0 aliphatic heterocycles. The lowest BCUT2D eigenvalue weighted by atomic mass is 10.1. The van der Waals surface area contributed by atoms with Crippen LogP contribution in [0.1, 0.15) is 22.7 Å². The molecule has 2 aromatic carbocycles. The average molecular weight is 268 g/mol. The number of aryl methyl sites for hydroxylation is 1. The second kappa shape index (κ2) is 7.22. The summed E-state index contributed by atoms with van der Waals surface area (Å²) >= 11 is 0. The first-order valence-corrected chi connectivity index (χ1v) is 7.14. The van der Waals surface area contributed by atoms with Crippen LogP contribution in [0.5, 0.6) is 0 Å². The molecular weight excluding hydrogens is 244 g/mol. The molecule has 1 unspecified atom stereocenters. The van der Waals surface area contributed by atoms with Crippen molar-refractivity contribution in [3.63, 3.8) is 0 Å². The van der Waals surface area contributed by atoms with Gasteiger partial charge in [0, 0.05) is 19.1 Å². The topological polar surface area (TPSA) is 15.3 Å². The first-order chi connectivity index (χ1) is 9.66. The van der Waals surface area contributed by atoms with Crippen LogP contribution in [0.25, 0.3) is 0 Å². The number of rotatable bonds is 6. The summed E-state index contributed by atoms with van der Waals surface area (Å²) < 4.78 is 0. The summed E-state index contributed by atoms with van der Waals surface area (Å²) in [7, 11) is 4.26. The molecule has 0 spiro atoms. The van der Waals surface area contributed by atoms with Gasteiger partial charge in [0.25, 0.3) is 0 Å². The highest BCUT2D eigenvalue weighted by Gasteiger charge is 2.12. The number of nitrogens with one attached hydrogen (secondary N) is 1. The van der Waals surface area contributed by atoms with Crippen LogP contribution in [0.15, 0.2) is 54.6 Å². The molecule has 2 nitrogen and oxygen atoms in total. The van der Waals surface area contributed by atoms with Crippen molar-refractivity contribution in [3.05, 3.63) is 71.3 Å². The lowest BCUT2D eigenvalue weighted by Crippen LogP contribution is -2.30. The molecule has 106 valence electrons. The summed E-state index contributed by atoms with van der Waals surface area (Å²) in [5, 5.41) is 3.57. The smallest absolute Gasteiger partial charge is 0.0466 e. The molecule has 0 heterocycles.